The van der Waals surface area contributed by atoms with Crippen molar-refractivity contribution in [2.45, 2.75) is 6.36 Å². The fraction of sp³-hybridized carbons (Fsp3) is 0.100. The Kier molecular flexibility index (Phi) is 3.55. The molecule has 0 saturated heterocycles. The summed E-state index contributed by atoms with van der Waals surface area (Å²) in [5, 5.41) is 8.35. The van der Waals surface area contributed by atoms with E-state index < -0.39 is 18.1 Å². The zero-order chi connectivity index (χ0) is 12.2. The summed E-state index contributed by atoms with van der Waals surface area (Å²) in [4.78, 5) is 10.2. The molecule has 16 heavy (non-hydrogen) atoms. The summed E-state index contributed by atoms with van der Waals surface area (Å²) in [5.74, 6) is -1.69. The largest absolute Gasteiger partial charge is 0.573 e. The number of hydrogen-bond acceptors (Lipinski definition) is 2. The Bertz CT molecular complexity index is 410. The summed E-state index contributed by atoms with van der Waals surface area (Å²) in [6.07, 6.45) is -3.03. The number of ether oxygens (including phenoxy) is 1. The minimum Gasteiger partial charge on any atom is -0.478 e. The summed E-state index contributed by atoms with van der Waals surface area (Å²) < 4.78 is 39.6. The first-order valence-corrected chi connectivity index (χ1v) is 4.14. The number of hydrogen-bond donors (Lipinski definition) is 1. The van der Waals surface area contributed by atoms with Crippen LogP contribution in [0.5, 0.6) is 5.75 Å². The fourth-order valence-electron chi connectivity index (χ4n) is 0.997. The van der Waals surface area contributed by atoms with Crippen molar-refractivity contribution in [3.05, 3.63) is 35.9 Å². The molecule has 1 aromatic rings. The molecule has 0 aliphatic rings. The van der Waals surface area contributed by atoms with Crippen molar-refractivity contribution in [2.75, 3.05) is 0 Å². The number of rotatable bonds is 3. The predicted molar refractivity (Wildman–Crippen MR) is 49.8 cm³/mol. The molecule has 0 aromatic heterocycles. The lowest BCUT2D eigenvalue weighted by molar-refractivity contribution is -0.274. The van der Waals surface area contributed by atoms with Crippen LogP contribution in [0.15, 0.2) is 30.3 Å². The van der Waals surface area contributed by atoms with E-state index in [4.69, 9.17) is 5.11 Å². The molecule has 0 bridgehead atoms. The molecule has 0 heterocycles. The lowest BCUT2D eigenvalue weighted by Gasteiger charge is -2.10. The Morgan fingerprint density at radius 3 is 2.50 bits per heavy atom. The molecule has 3 nitrogen and oxygen atoms in total. The number of halogens is 3. The van der Waals surface area contributed by atoms with Crippen molar-refractivity contribution in [3.8, 4) is 5.75 Å². The van der Waals surface area contributed by atoms with Crippen LogP contribution in [0.25, 0.3) is 6.08 Å². The second kappa shape index (κ2) is 4.69. The first-order chi connectivity index (χ1) is 7.38. The van der Waals surface area contributed by atoms with E-state index in [9.17, 15) is 18.0 Å². The van der Waals surface area contributed by atoms with Gasteiger partial charge in [0.2, 0.25) is 0 Å². The predicted octanol–water partition coefficient (Wildman–Crippen LogP) is 2.68. The molecule has 6 heteroatoms. The highest BCUT2D eigenvalue weighted by Gasteiger charge is 2.31. The minimum atomic E-state index is -4.80. The Balaban J connectivity index is 2.96. The standard InChI is InChI=1S/C10H7F3O3/c11-10(12,13)16-8-4-2-1-3-7(8)5-6-9(14)15/h1-6H,(H,14,15)/b6-5+. The van der Waals surface area contributed by atoms with E-state index in [2.05, 4.69) is 4.74 Å². The smallest absolute Gasteiger partial charge is 0.478 e. The lowest BCUT2D eigenvalue weighted by atomic mass is 10.2. The van der Waals surface area contributed by atoms with Crippen LogP contribution in [-0.2, 0) is 4.79 Å². The number of benzene rings is 1. The summed E-state index contributed by atoms with van der Waals surface area (Å²) >= 11 is 0. The number of alkyl halides is 3. The fourth-order valence-corrected chi connectivity index (χ4v) is 0.997. The van der Waals surface area contributed by atoms with Crippen molar-refractivity contribution >= 4 is 12.0 Å². The van der Waals surface area contributed by atoms with Gasteiger partial charge in [0.15, 0.2) is 0 Å². The van der Waals surface area contributed by atoms with Crippen molar-refractivity contribution in [1.29, 1.82) is 0 Å². The van der Waals surface area contributed by atoms with Crippen molar-refractivity contribution in [2.24, 2.45) is 0 Å². The first-order valence-electron chi connectivity index (χ1n) is 4.14. The van der Waals surface area contributed by atoms with E-state index in [0.717, 1.165) is 18.2 Å². The van der Waals surface area contributed by atoms with E-state index in [-0.39, 0.29) is 5.56 Å². The number of carboxylic acid groups (broad SMARTS) is 1. The maximum atomic E-state index is 12.0. The van der Waals surface area contributed by atoms with Crippen LogP contribution >= 0.6 is 0 Å². The Labute approximate surface area is 88.8 Å². The summed E-state index contributed by atoms with van der Waals surface area (Å²) in [6, 6.07) is 5.26. The molecule has 0 saturated carbocycles. The second-order valence-corrected chi connectivity index (χ2v) is 2.76. The van der Waals surface area contributed by atoms with E-state index in [1.54, 1.807) is 0 Å². The number of carboxylic acids is 1. The first kappa shape index (κ1) is 12.1. The highest BCUT2D eigenvalue weighted by molar-refractivity contribution is 5.85. The van der Waals surface area contributed by atoms with Crippen LogP contribution in [0, 0.1) is 0 Å². The van der Waals surface area contributed by atoms with Gasteiger partial charge in [-0.3, -0.25) is 0 Å². The molecule has 1 N–H and O–H groups in total. The maximum Gasteiger partial charge on any atom is 0.573 e. The second-order valence-electron chi connectivity index (χ2n) is 2.76. The average Bonchev–Trinajstić information content (AvgIpc) is 2.14. The molecule has 0 atom stereocenters. The summed E-state index contributed by atoms with van der Waals surface area (Å²) in [7, 11) is 0. The van der Waals surface area contributed by atoms with E-state index in [1.807, 2.05) is 0 Å². The topological polar surface area (TPSA) is 46.5 Å². The van der Waals surface area contributed by atoms with Crippen molar-refractivity contribution in [3.63, 3.8) is 0 Å². The molecule has 1 aromatic carbocycles. The van der Waals surface area contributed by atoms with Gasteiger partial charge >= 0.3 is 12.3 Å². The average molecular weight is 232 g/mol. The summed E-state index contributed by atoms with van der Waals surface area (Å²) in [6.45, 7) is 0. The Hall–Kier alpha value is -1.98. The van der Waals surface area contributed by atoms with E-state index >= 15 is 0 Å². The van der Waals surface area contributed by atoms with Crippen LogP contribution in [0.1, 0.15) is 5.56 Å². The molecule has 1 rings (SSSR count). The molecule has 0 amide bonds. The molecule has 0 aliphatic heterocycles. The van der Waals surface area contributed by atoms with Crippen LogP contribution in [-0.4, -0.2) is 17.4 Å². The zero-order valence-corrected chi connectivity index (χ0v) is 7.86. The van der Waals surface area contributed by atoms with Gasteiger partial charge in [-0.1, -0.05) is 18.2 Å². The van der Waals surface area contributed by atoms with Gasteiger partial charge in [0.1, 0.15) is 5.75 Å². The molecule has 0 spiro atoms. The van der Waals surface area contributed by atoms with Gasteiger partial charge in [-0.25, -0.2) is 4.79 Å². The zero-order valence-electron chi connectivity index (χ0n) is 7.86. The molecule has 0 radical (unpaired) electrons. The van der Waals surface area contributed by atoms with Gasteiger partial charge in [0.25, 0.3) is 0 Å². The van der Waals surface area contributed by atoms with Crippen LogP contribution in [0.3, 0.4) is 0 Å². The summed E-state index contributed by atoms with van der Waals surface area (Å²) in [5.41, 5.74) is 0.0437. The minimum absolute atomic E-state index is 0.0437. The molecule has 86 valence electrons. The van der Waals surface area contributed by atoms with Gasteiger partial charge in [0, 0.05) is 11.6 Å². The van der Waals surface area contributed by atoms with Gasteiger partial charge in [-0.15, -0.1) is 13.2 Å². The molecule has 0 fully saturated rings. The van der Waals surface area contributed by atoms with Gasteiger partial charge in [0.05, 0.1) is 0 Å². The van der Waals surface area contributed by atoms with Gasteiger partial charge < -0.3 is 9.84 Å². The monoisotopic (exact) mass is 232 g/mol. The van der Waals surface area contributed by atoms with Gasteiger partial charge in [-0.2, -0.15) is 0 Å². The molecule has 0 unspecified atom stereocenters. The number of carbonyl (C=O) groups is 1. The van der Waals surface area contributed by atoms with Crippen LogP contribution in [0.4, 0.5) is 13.2 Å². The van der Waals surface area contributed by atoms with Crippen LogP contribution in [0.2, 0.25) is 0 Å². The van der Waals surface area contributed by atoms with Gasteiger partial charge in [-0.05, 0) is 12.1 Å². The van der Waals surface area contributed by atoms with E-state index in [0.29, 0.717) is 0 Å². The molecule has 0 aliphatic carbocycles. The quantitative estimate of drug-likeness (QED) is 0.815. The highest BCUT2D eigenvalue weighted by Crippen LogP contribution is 2.26. The molecular weight excluding hydrogens is 225 g/mol. The normalized spacial score (nSPS) is 11.7. The Morgan fingerprint density at radius 1 is 1.31 bits per heavy atom. The Morgan fingerprint density at radius 2 is 1.94 bits per heavy atom. The number of para-hydroxylation sites is 1. The highest BCUT2D eigenvalue weighted by atomic mass is 19.4. The third-order valence-electron chi connectivity index (χ3n) is 1.55. The van der Waals surface area contributed by atoms with Crippen LogP contribution < -0.4 is 4.74 Å². The van der Waals surface area contributed by atoms with E-state index in [1.165, 1.54) is 18.2 Å². The third kappa shape index (κ3) is 4.04. The maximum absolute atomic E-state index is 12.0. The lowest BCUT2D eigenvalue weighted by Crippen LogP contribution is -2.17. The third-order valence-corrected chi connectivity index (χ3v) is 1.55. The number of aliphatic carboxylic acids is 1. The SMILES string of the molecule is O=C(O)/C=C/c1ccccc1OC(F)(F)F. The van der Waals surface area contributed by atoms with Crippen molar-refractivity contribution in [1.82, 2.24) is 0 Å². The molecular formula is C10H7F3O3. The van der Waals surface area contributed by atoms with Crippen molar-refractivity contribution < 1.29 is 27.8 Å².